The highest BCUT2D eigenvalue weighted by Gasteiger charge is 2.44. The molecule has 1 N–H and O–H groups in total. The van der Waals surface area contributed by atoms with Gasteiger partial charge in [0.1, 0.15) is 0 Å². The van der Waals surface area contributed by atoms with Crippen LogP contribution in [0, 0.1) is 0 Å². The number of rotatable bonds is 4. The van der Waals surface area contributed by atoms with E-state index in [0.29, 0.717) is 18.8 Å². The summed E-state index contributed by atoms with van der Waals surface area (Å²) in [7, 11) is 0. The summed E-state index contributed by atoms with van der Waals surface area (Å²) < 4.78 is 0. The highest BCUT2D eigenvalue weighted by molar-refractivity contribution is 7.99. The van der Waals surface area contributed by atoms with Gasteiger partial charge in [0.05, 0.1) is 18.9 Å². The van der Waals surface area contributed by atoms with Crippen LogP contribution in [0.4, 0.5) is 0 Å². The summed E-state index contributed by atoms with van der Waals surface area (Å²) in [5.74, 6) is 0.401. The zero-order valence-corrected chi connectivity index (χ0v) is 11.7. The molecule has 0 saturated carbocycles. The molecule has 2 unspecified atom stereocenters. The Morgan fingerprint density at radius 1 is 1.47 bits per heavy atom. The zero-order chi connectivity index (χ0) is 14.0. The monoisotopic (exact) mass is 286 g/mol. The Balaban J connectivity index is 2.12. The molecular formula is C12H18N2O4S. The quantitative estimate of drug-likeness (QED) is 0.734. The molecule has 2 rings (SSSR count). The van der Waals surface area contributed by atoms with Crippen LogP contribution in [-0.2, 0) is 14.4 Å². The number of likely N-dealkylation sites (tertiary alicyclic amines) is 1. The van der Waals surface area contributed by atoms with Crippen LogP contribution in [0.2, 0.25) is 0 Å². The van der Waals surface area contributed by atoms with E-state index in [9.17, 15) is 14.4 Å². The van der Waals surface area contributed by atoms with Crippen molar-refractivity contribution in [2.45, 2.75) is 31.8 Å². The van der Waals surface area contributed by atoms with Crippen LogP contribution in [0.25, 0.3) is 0 Å². The number of nitrogens with zero attached hydrogens (tertiary/aromatic N) is 2. The lowest BCUT2D eigenvalue weighted by Crippen LogP contribution is -2.52. The van der Waals surface area contributed by atoms with Crippen molar-refractivity contribution in [3.63, 3.8) is 0 Å². The summed E-state index contributed by atoms with van der Waals surface area (Å²) in [6.07, 6.45) is 0.213. The van der Waals surface area contributed by atoms with E-state index in [0.717, 1.165) is 5.75 Å². The Morgan fingerprint density at radius 2 is 2.21 bits per heavy atom. The number of aliphatic carboxylic acids is 1. The average molecular weight is 286 g/mol. The van der Waals surface area contributed by atoms with Crippen molar-refractivity contribution in [2.24, 2.45) is 0 Å². The maximum atomic E-state index is 12.2. The van der Waals surface area contributed by atoms with Crippen molar-refractivity contribution in [3.05, 3.63) is 0 Å². The topological polar surface area (TPSA) is 77.9 Å². The molecule has 0 spiro atoms. The van der Waals surface area contributed by atoms with Gasteiger partial charge in [0.2, 0.25) is 11.8 Å². The molecule has 2 heterocycles. The Bertz CT molecular complexity index is 401. The molecule has 106 valence electrons. The van der Waals surface area contributed by atoms with Gasteiger partial charge in [-0.25, -0.2) is 0 Å². The van der Waals surface area contributed by atoms with Crippen LogP contribution < -0.4 is 0 Å². The SMILES string of the molecule is CCN1C(=O)CC(N2CCSCC2CC(=O)O)C1=O. The van der Waals surface area contributed by atoms with Crippen LogP contribution in [-0.4, -0.2) is 69.4 Å². The molecule has 2 aliphatic rings. The van der Waals surface area contributed by atoms with E-state index in [1.54, 1.807) is 18.7 Å². The average Bonchev–Trinajstić information content (AvgIpc) is 2.64. The minimum absolute atomic E-state index is 0.0249. The first kappa shape index (κ1) is 14.3. The molecule has 2 atom stereocenters. The molecule has 6 nitrogen and oxygen atoms in total. The first-order valence-electron chi connectivity index (χ1n) is 6.44. The summed E-state index contributed by atoms with van der Waals surface area (Å²) in [5, 5.41) is 8.94. The minimum atomic E-state index is -0.860. The van der Waals surface area contributed by atoms with Crippen molar-refractivity contribution in [1.29, 1.82) is 0 Å². The molecule has 2 aliphatic heterocycles. The van der Waals surface area contributed by atoms with Gasteiger partial charge in [-0.05, 0) is 6.92 Å². The highest BCUT2D eigenvalue weighted by atomic mass is 32.2. The third kappa shape index (κ3) is 2.92. The fourth-order valence-corrected chi connectivity index (χ4v) is 3.80. The van der Waals surface area contributed by atoms with Gasteiger partial charge in [-0.2, -0.15) is 11.8 Å². The van der Waals surface area contributed by atoms with Crippen molar-refractivity contribution in [3.8, 4) is 0 Å². The van der Waals surface area contributed by atoms with Gasteiger partial charge in [-0.1, -0.05) is 0 Å². The molecule has 7 heteroatoms. The molecule has 0 aromatic heterocycles. The number of carbonyl (C=O) groups is 3. The molecule has 2 amide bonds. The number of carbonyl (C=O) groups excluding carboxylic acids is 2. The Kier molecular flexibility index (Phi) is 4.46. The maximum Gasteiger partial charge on any atom is 0.304 e. The lowest BCUT2D eigenvalue weighted by atomic mass is 10.1. The second-order valence-electron chi connectivity index (χ2n) is 4.76. The number of imide groups is 1. The molecule has 0 bridgehead atoms. The molecule has 0 radical (unpaired) electrons. The molecule has 0 aromatic carbocycles. The molecule has 19 heavy (non-hydrogen) atoms. The smallest absolute Gasteiger partial charge is 0.304 e. The predicted molar refractivity (Wildman–Crippen MR) is 70.9 cm³/mol. The summed E-state index contributed by atoms with van der Waals surface area (Å²) in [5.41, 5.74) is 0. The fraction of sp³-hybridized carbons (Fsp3) is 0.750. The van der Waals surface area contributed by atoms with E-state index in [2.05, 4.69) is 0 Å². The molecule has 0 aliphatic carbocycles. The maximum absolute atomic E-state index is 12.2. The lowest BCUT2D eigenvalue weighted by molar-refractivity contribution is -0.142. The number of hydrogen-bond acceptors (Lipinski definition) is 5. The predicted octanol–water partition coefficient (Wildman–Crippen LogP) is 0.0259. The molecular weight excluding hydrogens is 268 g/mol. The van der Waals surface area contributed by atoms with Gasteiger partial charge in [0.25, 0.3) is 0 Å². The molecule has 2 saturated heterocycles. The summed E-state index contributed by atoms with van der Waals surface area (Å²) in [6, 6.07) is -0.618. The van der Waals surface area contributed by atoms with Gasteiger partial charge in [-0.3, -0.25) is 24.2 Å². The van der Waals surface area contributed by atoms with Crippen molar-refractivity contribution < 1.29 is 19.5 Å². The summed E-state index contributed by atoms with van der Waals surface area (Å²) >= 11 is 1.70. The normalized spacial score (nSPS) is 29.0. The van der Waals surface area contributed by atoms with Crippen molar-refractivity contribution >= 4 is 29.5 Å². The first-order chi connectivity index (χ1) is 9.04. The molecule has 0 aromatic rings. The highest BCUT2D eigenvalue weighted by Crippen LogP contribution is 2.27. The van der Waals surface area contributed by atoms with E-state index in [4.69, 9.17) is 5.11 Å². The van der Waals surface area contributed by atoms with E-state index in [1.807, 2.05) is 4.90 Å². The molecule has 2 fully saturated rings. The number of carboxylic acid groups (broad SMARTS) is 1. The number of amides is 2. The van der Waals surface area contributed by atoms with Gasteiger partial charge in [-0.15, -0.1) is 0 Å². The fourth-order valence-electron chi connectivity index (χ4n) is 2.71. The van der Waals surface area contributed by atoms with Crippen LogP contribution in [0.15, 0.2) is 0 Å². The largest absolute Gasteiger partial charge is 0.481 e. The van der Waals surface area contributed by atoms with Crippen LogP contribution in [0.5, 0.6) is 0 Å². The third-order valence-corrected chi connectivity index (χ3v) is 4.71. The number of likely N-dealkylation sites (N-methyl/N-ethyl adjacent to an activating group) is 1. The van der Waals surface area contributed by atoms with Crippen molar-refractivity contribution in [2.75, 3.05) is 24.6 Å². The van der Waals surface area contributed by atoms with Crippen LogP contribution in [0.1, 0.15) is 19.8 Å². The number of carboxylic acids is 1. The van der Waals surface area contributed by atoms with Gasteiger partial charge >= 0.3 is 5.97 Å². The van der Waals surface area contributed by atoms with E-state index in [-0.39, 0.29) is 30.7 Å². The van der Waals surface area contributed by atoms with Gasteiger partial charge < -0.3 is 5.11 Å². The van der Waals surface area contributed by atoms with Crippen molar-refractivity contribution in [1.82, 2.24) is 9.80 Å². The standard InChI is InChI=1S/C12H18N2O4S/c1-2-13-10(15)6-9(12(13)18)14-3-4-19-7-8(14)5-11(16)17/h8-9H,2-7H2,1H3,(H,16,17). The third-order valence-electron chi connectivity index (χ3n) is 3.62. The number of thioether (sulfide) groups is 1. The lowest BCUT2D eigenvalue weighted by Gasteiger charge is -2.37. The zero-order valence-electron chi connectivity index (χ0n) is 10.9. The van der Waals surface area contributed by atoms with E-state index in [1.165, 1.54) is 4.90 Å². The van der Waals surface area contributed by atoms with Gasteiger partial charge in [0.15, 0.2) is 0 Å². The van der Waals surface area contributed by atoms with E-state index >= 15 is 0 Å². The Labute approximate surface area is 116 Å². The first-order valence-corrected chi connectivity index (χ1v) is 7.59. The second-order valence-corrected chi connectivity index (χ2v) is 5.91. The Hall–Kier alpha value is -1.08. The second kappa shape index (κ2) is 5.92. The Morgan fingerprint density at radius 3 is 2.79 bits per heavy atom. The van der Waals surface area contributed by atoms with Gasteiger partial charge in [0, 0.05) is 30.6 Å². The number of hydrogen-bond donors (Lipinski definition) is 1. The van der Waals surface area contributed by atoms with Crippen LogP contribution >= 0.6 is 11.8 Å². The van der Waals surface area contributed by atoms with E-state index < -0.39 is 12.0 Å². The summed E-state index contributed by atoms with van der Waals surface area (Å²) in [6.45, 7) is 2.84. The minimum Gasteiger partial charge on any atom is -0.481 e. The summed E-state index contributed by atoms with van der Waals surface area (Å²) in [4.78, 5) is 38.0. The van der Waals surface area contributed by atoms with Crippen LogP contribution in [0.3, 0.4) is 0 Å².